The highest BCUT2D eigenvalue weighted by molar-refractivity contribution is 7.92. The van der Waals surface area contributed by atoms with Crippen LogP contribution in [0.15, 0.2) is 42.5 Å². The molecule has 0 spiro atoms. The monoisotopic (exact) mass is 1100 g/mol. The molecule has 28 heteroatoms. The van der Waals surface area contributed by atoms with Crippen LogP contribution in [0.4, 0.5) is 43.9 Å². The molecule has 73 heavy (non-hydrogen) atoms. The summed E-state index contributed by atoms with van der Waals surface area (Å²) in [6, 6.07) is 4.93. The maximum atomic E-state index is 15.6. The molecule has 2 aliphatic carbocycles. The van der Waals surface area contributed by atoms with E-state index in [0.717, 1.165) is 50.4 Å². The van der Waals surface area contributed by atoms with Crippen molar-refractivity contribution in [2.75, 3.05) is 6.26 Å². The Bertz CT molecular complexity index is 3290. The number of sulfone groups is 1. The molecule has 1 saturated carbocycles. The van der Waals surface area contributed by atoms with Crippen molar-refractivity contribution >= 4 is 61.4 Å². The van der Waals surface area contributed by atoms with Gasteiger partial charge >= 0.3 is 18.3 Å². The minimum Gasteiger partial charge on any atom is -0.481 e. The number of rotatable bonds is 15. The topological polar surface area (TPSA) is 207 Å². The Hall–Kier alpha value is -6.11. The first-order chi connectivity index (χ1) is 33.5. The van der Waals surface area contributed by atoms with Crippen LogP contribution in [0.3, 0.4) is 0 Å². The minimum atomic E-state index is -5.22. The van der Waals surface area contributed by atoms with Crippen molar-refractivity contribution in [3.8, 4) is 23.0 Å². The predicted molar refractivity (Wildman–Crippen MR) is 240 cm³/mol. The molecule has 2 unspecified atom stereocenters. The fourth-order valence-corrected chi connectivity index (χ4v) is 9.71. The minimum absolute atomic E-state index is 0.193. The molecule has 0 radical (unpaired) electrons. The van der Waals surface area contributed by atoms with Gasteiger partial charge < -0.3 is 10.4 Å². The van der Waals surface area contributed by atoms with Crippen LogP contribution in [0, 0.1) is 34.8 Å². The number of hydrogen-bond donors (Lipinski definition) is 3. The van der Waals surface area contributed by atoms with E-state index in [1.807, 2.05) is 0 Å². The number of fused-ring (bicyclic) bond motifs is 4. The van der Waals surface area contributed by atoms with Crippen LogP contribution in [0.5, 0.6) is 0 Å². The number of halogens is 11. The zero-order valence-corrected chi connectivity index (χ0v) is 40.9. The van der Waals surface area contributed by atoms with Gasteiger partial charge in [-0.25, -0.2) is 30.7 Å². The third-order valence-electron chi connectivity index (χ3n) is 12.3. The van der Waals surface area contributed by atoms with Gasteiger partial charge in [-0.3, -0.25) is 28.3 Å². The highest BCUT2D eigenvalue weighted by Gasteiger charge is 2.68. The number of nitrogens with one attached hydrogen (secondary N) is 1. The van der Waals surface area contributed by atoms with E-state index < -0.39 is 163 Å². The van der Waals surface area contributed by atoms with Crippen molar-refractivity contribution in [2.24, 2.45) is 11.3 Å². The van der Waals surface area contributed by atoms with Crippen molar-refractivity contribution in [2.45, 2.75) is 102 Å². The van der Waals surface area contributed by atoms with E-state index >= 15 is 8.78 Å². The molecule has 2 aromatic carbocycles. The first kappa shape index (κ1) is 54.7. The van der Waals surface area contributed by atoms with Crippen molar-refractivity contribution < 1.29 is 80.6 Å². The van der Waals surface area contributed by atoms with E-state index in [9.17, 15) is 71.8 Å². The number of carbonyl (C=O) groups excluding carboxylic acids is 2. The first-order valence-corrected chi connectivity index (χ1v) is 24.8. The van der Waals surface area contributed by atoms with Gasteiger partial charge in [0, 0.05) is 40.3 Å². The van der Waals surface area contributed by atoms with Crippen LogP contribution in [-0.2, 0) is 73.6 Å². The van der Waals surface area contributed by atoms with E-state index in [0.29, 0.717) is 10.7 Å². The molecule has 5 aromatic rings. The van der Waals surface area contributed by atoms with E-state index in [4.69, 9.17) is 11.6 Å². The number of hydrogen-bond acceptors (Lipinski definition) is 9. The lowest BCUT2D eigenvalue weighted by molar-refractivity contribution is -0.146. The van der Waals surface area contributed by atoms with Crippen molar-refractivity contribution in [3.63, 3.8) is 0 Å². The Morgan fingerprint density at radius 1 is 0.986 bits per heavy atom. The summed E-state index contributed by atoms with van der Waals surface area (Å²) in [6.45, 7) is 0.477. The zero-order valence-electron chi connectivity index (χ0n) is 38.5. The summed E-state index contributed by atoms with van der Waals surface area (Å²) in [6.07, 6.45) is -11.3. The molecule has 0 saturated heterocycles. The Kier molecular flexibility index (Phi) is 14.2. The second-order valence-electron chi connectivity index (χ2n) is 18.7. The molecule has 1 fully saturated rings. The zero-order chi connectivity index (χ0) is 54.3. The van der Waals surface area contributed by atoms with Gasteiger partial charge in [0.15, 0.2) is 15.5 Å². The van der Waals surface area contributed by atoms with Gasteiger partial charge in [-0.15, -0.1) is 0 Å². The van der Waals surface area contributed by atoms with Crippen molar-refractivity contribution in [1.82, 2.24) is 34.2 Å². The lowest BCUT2D eigenvalue weighted by Gasteiger charge is -2.27. The van der Waals surface area contributed by atoms with Crippen LogP contribution < -0.4 is 5.32 Å². The van der Waals surface area contributed by atoms with Gasteiger partial charge in [0.25, 0.3) is 17.2 Å². The average molecular weight is 1100 g/mol. The molecule has 4 atom stereocenters. The van der Waals surface area contributed by atoms with Crippen LogP contribution in [0.1, 0.15) is 92.1 Å². The number of benzene rings is 2. The van der Waals surface area contributed by atoms with Crippen LogP contribution >= 0.6 is 11.6 Å². The summed E-state index contributed by atoms with van der Waals surface area (Å²) in [5, 5.41) is 18.5. The first-order valence-electron chi connectivity index (χ1n) is 21.4. The molecule has 392 valence electrons. The maximum Gasteiger partial charge on any atom is 0.435 e. The summed E-state index contributed by atoms with van der Waals surface area (Å²) in [4.78, 5) is 43.9. The van der Waals surface area contributed by atoms with Gasteiger partial charge in [-0.05, 0) is 74.4 Å². The number of carboxylic acids is 1. The predicted octanol–water partition coefficient (Wildman–Crippen LogP) is 8.26. The molecular formula is C45H40ClF10N7O8S2. The van der Waals surface area contributed by atoms with Crippen LogP contribution in [-0.4, -0.2) is 86.1 Å². The molecule has 3 heterocycles. The summed E-state index contributed by atoms with van der Waals surface area (Å²) < 4.78 is 194. The number of nitrogens with zero attached hydrogens (tertiary/aromatic N) is 6. The highest BCUT2D eigenvalue weighted by atomic mass is 35.5. The second kappa shape index (κ2) is 19.0. The van der Waals surface area contributed by atoms with Gasteiger partial charge in [-0.2, -0.15) is 45.3 Å². The fourth-order valence-electron chi connectivity index (χ4n) is 8.59. The van der Waals surface area contributed by atoms with E-state index in [2.05, 4.69) is 32.3 Å². The number of aromatic nitrogens is 5. The molecule has 0 bridgehead atoms. The number of carboxylic acid groups (broad SMARTS) is 1. The molecule has 3 aromatic heterocycles. The van der Waals surface area contributed by atoms with E-state index in [1.165, 1.54) is 19.9 Å². The summed E-state index contributed by atoms with van der Waals surface area (Å²) in [5.74, 6) is -7.78. The van der Waals surface area contributed by atoms with Gasteiger partial charge in [-0.1, -0.05) is 37.4 Å². The third-order valence-corrected chi connectivity index (χ3v) is 15.2. The van der Waals surface area contributed by atoms with Crippen LogP contribution in [0.2, 0.25) is 5.02 Å². The lowest BCUT2D eigenvalue weighted by Crippen LogP contribution is -2.42. The Balaban J connectivity index is 1.46. The molecule has 0 aliphatic heterocycles. The fraction of sp³-hybridized carbons (Fsp3) is 0.422. The normalized spacial score (nSPS) is 17.3. The molecule has 2 amide bonds. The standard InChI is InChI=1S/C45H40ClF10N7O8S2/c1-41(2,17-33(65)66)40(67)63(72(68)69)18-31-35-29(46)9-8-26(37(35)62(59-31)20-43(49,50)51)25-7-6-24(10-11-42(3,4)73(5,70)71)57-36(25)30(14-21-12-22(47)15-23(48)13-21)58-32(64)19-61-39-34(38(60-61)45(54,55)56)27-16-28(27)44(39,52)53/h6-9,12-13,15,27-28,30H,14,16-20H2,1-5H3,(H,58,64)(H,65,66)(H,68,69)/t27-,28+,30?/m0/s1. The largest absolute Gasteiger partial charge is 0.481 e. The Labute approximate surface area is 415 Å². The van der Waals surface area contributed by atoms with Crippen molar-refractivity contribution in [1.29, 1.82) is 0 Å². The molecule has 2 aliphatic rings. The lowest BCUT2D eigenvalue weighted by atomic mass is 9.88. The van der Waals surface area contributed by atoms with Crippen molar-refractivity contribution in [3.05, 3.63) is 98.7 Å². The molecule has 7 rings (SSSR count). The second-order valence-corrected chi connectivity index (χ2v) is 22.5. The molecular weight excluding hydrogens is 1060 g/mol. The van der Waals surface area contributed by atoms with Gasteiger partial charge in [0.1, 0.15) is 40.9 Å². The summed E-state index contributed by atoms with van der Waals surface area (Å²) >= 11 is 3.39. The number of pyridine rings is 1. The van der Waals surface area contributed by atoms with E-state index in [-0.39, 0.29) is 48.2 Å². The summed E-state index contributed by atoms with van der Waals surface area (Å²) in [5.41, 5.74) is -8.03. The number of alkyl halides is 8. The van der Waals surface area contributed by atoms with Gasteiger partial charge in [0.05, 0.1) is 46.3 Å². The van der Waals surface area contributed by atoms with E-state index in [1.54, 1.807) is 0 Å². The SMILES string of the molecule is CC(C)(CC(=O)O)C(=O)N(Cc1nn(CC(F)(F)F)c2c(-c3ccc(C#CC(C)(C)S(C)(=O)=O)nc3C(Cc3cc(F)cc(F)c3)NC(=O)Cn3nc(C(F)(F)F)c4c3C(F)(F)[C@@H]3C[C@H]43)ccc(Cl)c12)S(=O)O. The maximum absolute atomic E-state index is 15.6. The highest BCUT2D eigenvalue weighted by Crippen LogP contribution is 2.68. The molecule has 15 nitrogen and oxygen atoms in total. The number of carbonyl (C=O) groups is 3. The Morgan fingerprint density at radius 2 is 1.62 bits per heavy atom. The summed E-state index contributed by atoms with van der Waals surface area (Å²) in [7, 11) is -3.91. The average Bonchev–Trinajstić information content (AvgIpc) is 3.75. The number of aliphatic carboxylic acids is 1. The van der Waals surface area contributed by atoms with Crippen LogP contribution in [0.25, 0.3) is 22.0 Å². The smallest absolute Gasteiger partial charge is 0.435 e. The third kappa shape index (κ3) is 11.2. The quantitative estimate of drug-likeness (QED) is 0.0517. The number of amides is 2. The molecule has 3 N–H and O–H groups in total. The van der Waals surface area contributed by atoms with Gasteiger partial charge in [0.2, 0.25) is 11.8 Å². The Morgan fingerprint density at radius 3 is 2.19 bits per heavy atom.